The van der Waals surface area contributed by atoms with Crippen molar-refractivity contribution < 1.29 is 24.2 Å². The number of carbonyl (C=O) groups is 3. The lowest BCUT2D eigenvalue weighted by atomic mass is 10.0. The van der Waals surface area contributed by atoms with Crippen molar-refractivity contribution in [1.82, 2.24) is 20.6 Å². The molecule has 0 aliphatic heterocycles. The van der Waals surface area contributed by atoms with Gasteiger partial charge in [0.2, 0.25) is 5.91 Å². The lowest BCUT2D eigenvalue weighted by Crippen LogP contribution is -2.53. The van der Waals surface area contributed by atoms with Gasteiger partial charge in [0.25, 0.3) is 5.91 Å². The number of carboxylic acid groups (broad SMARTS) is 1. The molecule has 1 aromatic heterocycles. The molecule has 1 heterocycles. The van der Waals surface area contributed by atoms with Gasteiger partial charge >= 0.3 is 5.97 Å². The van der Waals surface area contributed by atoms with E-state index in [1.54, 1.807) is 67.9 Å². The van der Waals surface area contributed by atoms with Crippen molar-refractivity contribution in [2.24, 2.45) is 0 Å². The van der Waals surface area contributed by atoms with Crippen molar-refractivity contribution >= 4 is 17.8 Å². The van der Waals surface area contributed by atoms with Crippen LogP contribution in [0.25, 0.3) is 0 Å². The largest absolute Gasteiger partial charge is 0.497 e. The highest BCUT2D eigenvalue weighted by atomic mass is 16.5. The predicted molar refractivity (Wildman–Crippen MR) is 116 cm³/mol. The van der Waals surface area contributed by atoms with Gasteiger partial charge in [-0.2, -0.15) is 0 Å². The summed E-state index contributed by atoms with van der Waals surface area (Å²) in [5, 5.41) is 14.9. The molecule has 0 unspecified atom stereocenters. The van der Waals surface area contributed by atoms with E-state index in [4.69, 9.17) is 4.74 Å². The van der Waals surface area contributed by atoms with Crippen LogP contribution < -0.4 is 15.4 Å². The third-order valence-corrected chi connectivity index (χ3v) is 4.85. The van der Waals surface area contributed by atoms with Gasteiger partial charge in [0.05, 0.1) is 13.4 Å². The van der Waals surface area contributed by atoms with Crippen molar-refractivity contribution in [1.29, 1.82) is 0 Å². The third kappa shape index (κ3) is 6.18. The molecule has 166 valence electrons. The minimum atomic E-state index is -1.18. The van der Waals surface area contributed by atoms with E-state index in [1.165, 1.54) is 6.33 Å². The number of aromatic amines is 1. The van der Waals surface area contributed by atoms with Gasteiger partial charge in [0.15, 0.2) is 0 Å². The quantitative estimate of drug-likeness (QED) is 0.381. The van der Waals surface area contributed by atoms with Crippen molar-refractivity contribution in [3.8, 4) is 5.75 Å². The Hall–Kier alpha value is -4.14. The van der Waals surface area contributed by atoms with Crippen LogP contribution in [0.5, 0.6) is 5.75 Å². The Kier molecular flexibility index (Phi) is 7.58. The topological polar surface area (TPSA) is 133 Å². The van der Waals surface area contributed by atoms with Gasteiger partial charge in [-0.25, -0.2) is 9.78 Å². The van der Waals surface area contributed by atoms with E-state index in [-0.39, 0.29) is 12.8 Å². The van der Waals surface area contributed by atoms with Gasteiger partial charge in [0.1, 0.15) is 17.8 Å². The number of benzene rings is 2. The zero-order valence-electron chi connectivity index (χ0n) is 17.4. The lowest BCUT2D eigenvalue weighted by Gasteiger charge is -2.21. The van der Waals surface area contributed by atoms with Crippen LogP contribution in [0.15, 0.2) is 67.1 Å². The number of carboxylic acids is 1. The Morgan fingerprint density at radius 1 is 1.00 bits per heavy atom. The number of hydrogen-bond acceptors (Lipinski definition) is 5. The summed E-state index contributed by atoms with van der Waals surface area (Å²) in [6.07, 6.45) is 3.21. The molecule has 0 bridgehead atoms. The molecular weight excluding hydrogens is 412 g/mol. The first-order valence-corrected chi connectivity index (χ1v) is 9.95. The number of H-pyrrole nitrogens is 1. The number of nitrogens with zero attached hydrogens (tertiary/aromatic N) is 1. The normalized spacial score (nSPS) is 12.4. The highest BCUT2D eigenvalue weighted by Crippen LogP contribution is 2.13. The summed E-state index contributed by atoms with van der Waals surface area (Å²) in [5.74, 6) is -1.58. The number of aromatic nitrogens is 2. The van der Waals surface area contributed by atoms with Crippen LogP contribution >= 0.6 is 0 Å². The average Bonchev–Trinajstić information content (AvgIpc) is 3.32. The van der Waals surface area contributed by atoms with Crippen molar-refractivity contribution in [3.63, 3.8) is 0 Å². The van der Waals surface area contributed by atoms with E-state index >= 15 is 0 Å². The highest BCUT2D eigenvalue weighted by molar-refractivity contribution is 5.98. The summed E-state index contributed by atoms with van der Waals surface area (Å²) in [5.41, 5.74) is 1.74. The van der Waals surface area contributed by atoms with Crippen LogP contribution in [0.1, 0.15) is 21.6 Å². The van der Waals surface area contributed by atoms with Gasteiger partial charge < -0.3 is 25.5 Å². The standard InChI is InChI=1S/C23H24N4O5/c1-32-18-9-7-15(8-10-18)11-20(23(30)31)27-22(29)19(12-17-13-24-14-25-17)26-21(28)16-5-3-2-4-6-16/h2-10,13-14,19-20H,11-12H2,1H3,(H,24,25)(H,26,28)(H,27,29)(H,30,31)/t19-,20-/m0/s1. The van der Waals surface area contributed by atoms with E-state index in [9.17, 15) is 19.5 Å². The van der Waals surface area contributed by atoms with E-state index in [0.717, 1.165) is 5.56 Å². The molecule has 4 N–H and O–H groups in total. The second kappa shape index (κ2) is 10.8. The molecular formula is C23H24N4O5. The molecule has 0 aliphatic rings. The Balaban J connectivity index is 1.73. The summed E-state index contributed by atoms with van der Waals surface area (Å²) in [6.45, 7) is 0. The Bertz CT molecular complexity index is 1040. The second-order valence-electron chi connectivity index (χ2n) is 7.12. The van der Waals surface area contributed by atoms with Gasteiger partial charge in [-0.05, 0) is 29.8 Å². The fourth-order valence-corrected chi connectivity index (χ4v) is 3.13. The maximum Gasteiger partial charge on any atom is 0.326 e. The number of methoxy groups -OCH3 is 1. The Morgan fingerprint density at radius 2 is 1.72 bits per heavy atom. The first-order chi connectivity index (χ1) is 15.5. The molecule has 32 heavy (non-hydrogen) atoms. The average molecular weight is 436 g/mol. The number of rotatable bonds is 10. The van der Waals surface area contributed by atoms with Crippen LogP contribution in [0.3, 0.4) is 0 Å². The van der Waals surface area contributed by atoms with E-state index in [2.05, 4.69) is 20.6 Å². The SMILES string of the molecule is COc1ccc(C[C@H](NC(=O)[C@H](Cc2cnc[nH]2)NC(=O)c2ccccc2)C(=O)O)cc1. The van der Waals surface area contributed by atoms with E-state index in [0.29, 0.717) is 17.0 Å². The first-order valence-electron chi connectivity index (χ1n) is 9.95. The lowest BCUT2D eigenvalue weighted by molar-refractivity contribution is -0.142. The first kappa shape index (κ1) is 22.5. The number of amides is 2. The highest BCUT2D eigenvalue weighted by Gasteiger charge is 2.27. The molecule has 3 aromatic rings. The fraction of sp³-hybridized carbons (Fsp3) is 0.217. The van der Waals surface area contributed by atoms with Gasteiger partial charge in [-0.1, -0.05) is 30.3 Å². The number of aliphatic carboxylic acids is 1. The second-order valence-corrected chi connectivity index (χ2v) is 7.12. The molecule has 0 aliphatic carbocycles. The van der Waals surface area contributed by atoms with Crippen LogP contribution in [-0.2, 0) is 22.4 Å². The molecule has 9 nitrogen and oxygen atoms in total. The summed E-state index contributed by atoms with van der Waals surface area (Å²) in [7, 11) is 1.54. The summed E-state index contributed by atoms with van der Waals surface area (Å²) < 4.78 is 5.11. The fourth-order valence-electron chi connectivity index (χ4n) is 3.13. The molecule has 0 saturated carbocycles. The van der Waals surface area contributed by atoms with Crippen LogP contribution in [-0.4, -0.2) is 52.1 Å². The van der Waals surface area contributed by atoms with Crippen molar-refractivity contribution in [2.75, 3.05) is 7.11 Å². The molecule has 3 rings (SSSR count). The van der Waals surface area contributed by atoms with Crippen LogP contribution in [0, 0.1) is 0 Å². The Labute approximate surface area is 184 Å². The maximum atomic E-state index is 13.0. The molecule has 2 amide bonds. The number of ether oxygens (including phenoxy) is 1. The number of hydrogen-bond donors (Lipinski definition) is 4. The number of carbonyl (C=O) groups excluding carboxylic acids is 2. The Morgan fingerprint density at radius 3 is 2.31 bits per heavy atom. The van der Waals surface area contributed by atoms with Gasteiger partial charge in [-0.15, -0.1) is 0 Å². The molecule has 0 saturated heterocycles. The monoisotopic (exact) mass is 436 g/mol. The smallest absolute Gasteiger partial charge is 0.326 e. The summed E-state index contributed by atoms with van der Waals surface area (Å²) in [4.78, 5) is 44.2. The molecule has 0 fully saturated rings. The summed E-state index contributed by atoms with van der Waals surface area (Å²) >= 11 is 0. The van der Waals surface area contributed by atoms with Gasteiger partial charge in [-0.3, -0.25) is 9.59 Å². The number of nitrogens with one attached hydrogen (secondary N) is 3. The molecule has 9 heteroatoms. The molecule has 0 radical (unpaired) electrons. The molecule has 0 spiro atoms. The van der Waals surface area contributed by atoms with E-state index < -0.39 is 29.9 Å². The molecule has 2 atom stereocenters. The van der Waals surface area contributed by atoms with Crippen molar-refractivity contribution in [2.45, 2.75) is 24.9 Å². The van der Waals surface area contributed by atoms with Gasteiger partial charge in [0, 0.05) is 30.3 Å². The van der Waals surface area contributed by atoms with E-state index in [1.807, 2.05) is 0 Å². The van der Waals surface area contributed by atoms with Crippen molar-refractivity contribution in [3.05, 3.63) is 83.9 Å². The van der Waals surface area contributed by atoms with Crippen LogP contribution in [0.2, 0.25) is 0 Å². The zero-order valence-corrected chi connectivity index (χ0v) is 17.4. The number of imidazole rings is 1. The minimum Gasteiger partial charge on any atom is -0.497 e. The van der Waals surface area contributed by atoms with Crippen LogP contribution in [0.4, 0.5) is 0 Å². The third-order valence-electron chi connectivity index (χ3n) is 4.85. The summed E-state index contributed by atoms with van der Waals surface area (Å²) in [6, 6.07) is 13.2. The zero-order chi connectivity index (χ0) is 22.9. The predicted octanol–water partition coefficient (Wildman–Crippen LogP) is 1.57. The maximum absolute atomic E-state index is 13.0. The minimum absolute atomic E-state index is 0.0779. The molecule has 2 aromatic carbocycles.